The zero-order chi connectivity index (χ0) is 15.4. The molecule has 0 unspecified atom stereocenters. The summed E-state index contributed by atoms with van der Waals surface area (Å²) in [6.45, 7) is 2.78. The second-order valence-corrected chi connectivity index (χ2v) is 5.12. The Bertz CT molecular complexity index is 635. The van der Waals surface area contributed by atoms with Crippen molar-refractivity contribution < 1.29 is 4.74 Å². The fraction of sp³-hybridized carbons (Fsp3) is 0.235. The molecule has 2 rings (SSSR count). The van der Waals surface area contributed by atoms with E-state index in [1.807, 2.05) is 38.2 Å². The molecule has 2 aromatic carbocycles. The zero-order valence-corrected chi connectivity index (χ0v) is 12.7. The van der Waals surface area contributed by atoms with Gasteiger partial charge in [-0.3, -0.25) is 5.41 Å². The lowest BCUT2D eigenvalue weighted by atomic mass is 10.1. The average Bonchev–Trinajstić information content (AvgIpc) is 2.47. The lowest BCUT2D eigenvalue weighted by Gasteiger charge is -2.21. The molecule has 110 valence electrons. The Balaban J connectivity index is 2.14. The van der Waals surface area contributed by atoms with Crippen molar-refractivity contribution in [3.05, 3.63) is 59.2 Å². The van der Waals surface area contributed by atoms with Gasteiger partial charge in [0.1, 0.15) is 11.6 Å². The Labute approximate surface area is 125 Å². The highest BCUT2D eigenvalue weighted by molar-refractivity contribution is 5.96. The summed E-state index contributed by atoms with van der Waals surface area (Å²) >= 11 is 0. The van der Waals surface area contributed by atoms with Crippen molar-refractivity contribution in [3.63, 3.8) is 0 Å². The van der Waals surface area contributed by atoms with Crippen molar-refractivity contribution in [2.75, 3.05) is 19.1 Å². The van der Waals surface area contributed by atoms with Gasteiger partial charge in [-0.15, -0.1) is 0 Å². The lowest BCUT2D eigenvalue weighted by molar-refractivity contribution is 0.414. The summed E-state index contributed by atoms with van der Waals surface area (Å²) in [5.41, 5.74) is 9.67. The van der Waals surface area contributed by atoms with Gasteiger partial charge in [-0.1, -0.05) is 12.1 Å². The molecule has 3 N–H and O–H groups in total. The molecule has 0 saturated heterocycles. The molecule has 0 bridgehead atoms. The summed E-state index contributed by atoms with van der Waals surface area (Å²) in [6.07, 6.45) is 0. The van der Waals surface area contributed by atoms with Crippen LogP contribution in [0.25, 0.3) is 0 Å². The van der Waals surface area contributed by atoms with Crippen LogP contribution in [0.2, 0.25) is 0 Å². The van der Waals surface area contributed by atoms with Gasteiger partial charge in [0.15, 0.2) is 0 Å². The molecule has 4 nitrogen and oxygen atoms in total. The molecule has 0 spiro atoms. The normalized spacial score (nSPS) is 10.2. The van der Waals surface area contributed by atoms with Crippen LogP contribution in [0.15, 0.2) is 42.5 Å². The molecular weight excluding hydrogens is 262 g/mol. The molecule has 0 aliphatic heterocycles. The molecule has 0 fully saturated rings. The molecule has 2 aromatic rings. The second-order valence-electron chi connectivity index (χ2n) is 5.12. The minimum absolute atomic E-state index is 0.108. The fourth-order valence-electron chi connectivity index (χ4n) is 2.28. The standard InChI is InChI=1S/C17H21N3O/c1-12-10-14(6-9-16(12)17(18)19)20(2)11-13-4-7-15(21-3)8-5-13/h4-10H,11H2,1-3H3,(H3,18,19). The number of aryl methyl sites for hydroxylation is 1. The van der Waals surface area contributed by atoms with E-state index in [9.17, 15) is 0 Å². The predicted molar refractivity (Wildman–Crippen MR) is 87.3 cm³/mol. The summed E-state index contributed by atoms with van der Waals surface area (Å²) in [5.74, 6) is 0.972. The van der Waals surface area contributed by atoms with Crippen LogP contribution in [-0.4, -0.2) is 20.0 Å². The van der Waals surface area contributed by atoms with Gasteiger partial charge in [0.25, 0.3) is 0 Å². The number of amidine groups is 1. The Hall–Kier alpha value is -2.49. The van der Waals surface area contributed by atoms with Crippen molar-refractivity contribution in [2.45, 2.75) is 13.5 Å². The number of anilines is 1. The van der Waals surface area contributed by atoms with Gasteiger partial charge in [0.05, 0.1) is 7.11 Å². The van der Waals surface area contributed by atoms with Crippen LogP contribution in [0.5, 0.6) is 5.75 Å². The van der Waals surface area contributed by atoms with E-state index in [1.165, 1.54) is 5.56 Å². The molecule has 0 aliphatic carbocycles. The highest BCUT2D eigenvalue weighted by Gasteiger charge is 2.07. The number of nitrogens with one attached hydrogen (secondary N) is 1. The third kappa shape index (κ3) is 3.54. The van der Waals surface area contributed by atoms with Crippen LogP contribution < -0.4 is 15.4 Å². The van der Waals surface area contributed by atoms with Crippen molar-refractivity contribution >= 4 is 11.5 Å². The number of hydrogen-bond acceptors (Lipinski definition) is 3. The Morgan fingerprint density at radius 3 is 2.38 bits per heavy atom. The highest BCUT2D eigenvalue weighted by Crippen LogP contribution is 2.20. The molecule has 0 aliphatic rings. The first-order chi connectivity index (χ1) is 10.0. The van der Waals surface area contributed by atoms with Gasteiger partial charge >= 0.3 is 0 Å². The quantitative estimate of drug-likeness (QED) is 0.655. The van der Waals surface area contributed by atoms with E-state index >= 15 is 0 Å². The molecule has 0 atom stereocenters. The monoisotopic (exact) mass is 283 g/mol. The summed E-state index contributed by atoms with van der Waals surface area (Å²) in [5, 5.41) is 7.52. The molecule has 0 saturated carbocycles. The first kappa shape index (κ1) is 14.9. The van der Waals surface area contributed by atoms with E-state index in [0.717, 1.165) is 29.1 Å². The number of rotatable bonds is 5. The van der Waals surface area contributed by atoms with E-state index in [2.05, 4.69) is 23.1 Å². The average molecular weight is 283 g/mol. The van der Waals surface area contributed by atoms with E-state index < -0.39 is 0 Å². The van der Waals surface area contributed by atoms with Crippen LogP contribution in [0.1, 0.15) is 16.7 Å². The van der Waals surface area contributed by atoms with E-state index in [0.29, 0.717) is 0 Å². The number of nitrogen functional groups attached to an aromatic ring is 1. The molecule has 4 heteroatoms. The maximum absolute atomic E-state index is 7.52. The van der Waals surface area contributed by atoms with E-state index in [1.54, 1.807) is 7.11 Å². The van der Waals surface area contributed by atoms with Gasteiger partial charge in [0.2, 0.25) is 0 Å². The largest absolute Gasteiger partial charge is 0.497 e. The van der Waals surface area contributed by atoms with E-state index in [-0.39, 0.29) is 5.84 Å². The maximum atomic E-state index is 7.52. The number of nitrogens with two attached hydrogens (primary N) is 1. The topological polar surface area (TPSA) is 62.3 Å². The number of hydrogen-bond donors (Lipinski definition) is 2. The summed E-state index contributed by atoms with van der Waals surface area (Å²) in [4.78, 5) is 2.17. The van der Waals surface area contributed by atoms with Gasteiger partial charge in [-0.05, 0) is 48.4 Å². The molecule has 21 heavy (non-hydrogen) atoms. The van der Waals surface area contributed by atoms with Crippen LogP contribution in [0, 0.1) is 12.3 Å². The molecule has 0 amide bonds. The minimum Gasteiger partial charge on any atom is -0.497 e. The summed E-state index contributed by atoms with van der Waals surface area (Å²) in [7, 11) is 3.72. The van der Waals surface area contributed by atoms with Crippen LogP contribution >= 0.6 is 0 Å². The van der Waals surface area contributed by atoms with Gasteiger partial charge in [-0.2, -0.15) is 0 Å². The molecule has 0 radical (unpaired) electrons. The number of ether oxygens (including phenoxy) is 1. The first-order valence-corrected chi connectivity index (χ1v) is 6.80. The van der Waals surface area contributed by atoms with Gasteiger partial charge in [-0.25, -0.2) is 0 Å². The Morgan fingerprint density at radius 1 is 1.19 bits per heavy atom. The van der Waals surface area contributed by atoms with Crippen molar-refractivity contribution in [1.82, 2.24) is 0 Å². The van der Waals surface area contributed by atoms with Gasteiger partial charge in [0, 0.05) is 24.8 Å². The molecule has 0 aromatic heterocycles. The third-order valence-electron chi connectivity index (χ3n) is 3.52. The molecular formula is C17H21N3O. The zero-order valence-electron chi connectivity index (χ0n) is 12.7. The highest BCUT2D eigenvalue weighted by atomic mass is 16.5. The number of benzene rings is 2. The predicted octanol–water partition coefficient (Wildman–Crippen LogP) is 2.92. The van der Waals surface area contributed by atoms with Crippen LogP contribution in [0.3, 0.4) is 0 Å². The fourth-order valence-corrected chi connectivity index (χ4v) is 2.28. The van der Waals surface area contributed by atoms with Crippen LogP contribution in [-0.2, 0) is 6.54 Å². The summed E-state index contributed by atoms with van der Waals surface area (Å²) < 4.78 is 5.16. The van der Waals surface area contributed by atoms with Crippen molar-refractivity contribution in [1.29, 1.82) is 5.41 Å². The maximum Gasteiger partial charge on any atom is 0.123 e. The Kier molecular flexibility index (Phi) is 4.48. The SMILES string of the molecule is COc1ccc(CN(C)c2ccc(C(=N)N)c(C)c2)cc1. The van der Waals surface area contributed by atoms with Crippen molar-refractivity contribution in [2.24, 2.45) is 5.73 Å². The van der Waals surface area contributed by atoms with Gasteiger partial charge < -0.3 is 15.4 Å². The van der Waals surface area contributed by atoms with E-state index in [4.69, 9.17) is 15.9 Å². The lowest BCUT2D eigenvalue weighted by Crippen LogP contribution is -2.18. The smallest absolute Gasteiger partial charge is 0.123 e. The van der Waals surface area contributed by atoms with Crippen molar-refractivity contribution in [3.8, 4) is 5.75 Å². The molecule has 0 heterocycles. The number of methoxy groups -OCH3 is 1. The Morgan fingerprint density at radius 2 is 1.86 bits per heavy atom. The second kappa shape index (κ2) is 6.31. The van der Waals surface area contributed by atoms with Crippen LogP contribution in [0.4, 0.5) is 5.69 Å². The first-order valence-electron chi connectivity index (χ1n) is 6.80. The minimum atomic E-state index is 0.108. The third-order valence-corrected chi connectivity index (χ3v) is 3.52. The summed E-state index contributed by atoms with van der Waals surface area (Å²) in [6, 6.07) is 14.0. The number of nitrogens with zero attached hydrogens (tertiary/aromatic N) is 1.